The average Bonchev–Trinajstić information content (AvgIpc) is 3.14. The van der Waals surface area contributed by atoms with Crippen molar-refractivity contribution in [2.75, 3.05) is 13.2 Å². The molecular formula is C21H24F2N2O3. The van der Waals surface area contributed by atoms with Crippen molar-refractivity contribution in [1.29, 1.82) is 0 Å². The van der Waals surface area contributed by atoms with Gasteiger partial charge in [0.05, 0.1) is 12.1 Å². The SMILES string of the molecule is CCC1(CO)CCCN1C(=O)NCc1ccc(Oc2ccccc2F)c(F)c1. The second kappa shape index (κ2) is 8.56. The van der Waals surface area contributed by atoms with E-state index in [0.29, 0.717) is 18.5 Å². The zero-order valence-corrected chi connectivity index (χ0v) is 15.8. The van der Waals surface area contributed by atoms with Gasteiger partial charge >= 0.3 is 6.03 Å². The van der Waals surface area contributed by atoms with Crippen LogP contribution in [0.25, 0.3) is 0 Å². The molecule has 2 aromatic rings. The van der Waals surface area contributed by atoms with Crippen molar-refractivity contribution < 1.29 is 23.4 Å². The van der Waals surface area contributed by atoms with Crippen LogP contribution >= 0.6 is 0 Å². The number of hydrogen-bond acceptors (Lipinski definition) is 3. The molecule has 1 atom stereocenters. The first kappa shape index (κ1) is 20.1. The molecule has 2 N–H and O–H groups in total. The summed E-state index contributed by atoms with van der Waals surface area (Å²) in [5, 5.41) is 12.5. The van der Waals surface area contributed by atoms with Gasteiger partial charge in [0.1, 0.15) is 0 Å². The summed E-state index contributed by atoms with van der Waals surface area (Å²) in [4.78, 5) is 14.2. The Hall–Kier alpha value is -2.67. The maximum atomic E-state index is 14.3. The van der Waals surface area contributed by atoms with Gasteiger partial charge in [0.25, 0.3) is 0 Å². The molecule has 0 saturated carbocycles. The molecule has 7 heteroatoms. The second-order valence-electron chi connectivity index (χ2n) is 6.95. The van der Waals surface area contributed by atoms with Gasteiger partial charge in [-0.05, 0) is 49.1 Å². The van der Waals surface area contributed by atoms with E-state index in [1.807, 2.05) is 6.92 Å². The molecule has 0 bridgehead atoms. The van der Waals surface area contributed by atoms with Gasteiger partial charge in [0.2, 0.25) is 0 Å². The van der Waals surface area contributed by atoms with E-state index in [1.165, 1.54) is 30.3 Å². The number of nitrogens with zero attached hydrogens (tertiary/aromatic N) is 1. The topological polar surface area (TPSA) is 61.8 Å². The van der Waals surface area contributed by atoms with E-state index in [2.05, 4.69) is 5.32 Å². The van der Waals surface area contributed by atoms with Crippen LogP contribution in [0, 0.1) is 11.6 Å². The summed E-state index contributed by atoms with van der Waals surface area (Å²) in [5.74, 6) is -1.37. The Bertz CT molecular complexity index is 840. The number of aliphatic hydroxyl groups is 1. The summed E-state index contributed by atoms with van der Waals surface area (Å²) in [5.41, 5.74) is 0.0318. The second-order valence-corrected chi connectivity index (χ2v) is 6.95. The molecule has 2 amide bonds. The number of nitrogens with one attached hydrogen (secondary N) is 1. The van der Waals surface area contributed by atoms with E-state index in [4.69, 9.17) is 4.74 Å². The fraction of sp³-hybridized carbons (Fsp3) is 0.381. The zero-order valence-electron chi connectivity index (χ0n) is 15.8. The maximum Gasteiger partial charge on any atom is 0.318 e. The normalized spacial score (nSPS) is 18.9. The van der Waals surface area contributed by atoms with Gasteiger partial charge in [-0.3, -0.25) is 0 Å². The van der Waals surface area contributed by atoms with Crippen LogP contribution in [0.2, 0.25) is 0 Å². The molecule has 1 unspecified atom stereocenters. The Morgan fingerprint density at radius 2 is 1.96 bits per heavy atom. The first-order chi connectivity index (χ1) is 13.5. The number of aliphatic hydroxyl groups excluding tert-OH is 1. The number of carbonyl (C=O) groups is 1. The molecule has 28 heavy (non-hydrogen) atoms. The van der Waals surface area contributed by atoms with Gasteiger partial charge in [-0.25, -0.2) is 13.6 Å². The van der Waals surface area contributed by atoms with Crippen molar-refractivity contribution in [2.45, 2.75) is 38.3 Å². The Morgan fingerprint density at radius 1 is 1.21 bits per heavy atom. The van der Waals surface area contributed by atoms with Gasteiger partial charge in [0.15, 0.2) is 23.1 Å². The van der Waals surface area contributed by atoms with E-state index < -0.39 is 17.2 Å². The largest absolute Gasteiger partial charge is 0.451 e. The van der Waals surface area contributed by atoms with Crippen LogP contribution in [-0.2, 0) is 6.54 Å². The molecular weight excluding hydrogens is 366 g/mol. The van der Waals surface area contributed by atoms with Crippen LogP contribution in [0.5, 0.6) is 11.5 Å². The number of hydrogen-bond donors (Lipinski definition) is 2. The summed E-state index contributed by atoms with van der Waals surface area (Å²) in [6, 6.07) is 9.76. The van der Waals surface area contributed by atoms with Crippen LogP contribution in [0.4, 0.5) is 13.6 Å². The monoisotopic (exact) mass is 390 g/mol. The van der Waals surface area contributed by atoms with E-state index in [-0.39, 0.29) is 30.7 Å². The predicted octanol–water partition coefficient (Wildman–Crippen LogP) is 4.20. The Morgan fingerprint density at radius 3 is 2.64 bits per heavy atom. The lowest BCUT2D eigenvalue weighted by Gasteiger charge is -2.36. The summed E-state index contributed by atoms with van der Waals surface area (Å²) in [6.07, 6.45) is 2.29. The van der Waals surface area contributed by atoms with Crippen molar-refractivity contribution >= 4 is 6.03 Å². The lowest BCUT2D eigenvalue weighted by molar-refractivity contribution is 0.0808. The third kappa shape index (κ3) is 4.09. The lowest BCUT2D eigenvalue weighted by atomic mass is 9.94. The third-order valence-electron chi connectivity index (χ3n) is 5.29. The summed E-state index contributed by atoms with van der Waals surface area (Å²) < 4.78 is 33.3. The summed E-state index contributed by atoms with van der Waals surface area (Å²) >= 11 is 0. The molecule has 1 saturated heterocycles. The van der Waals surface area contributed by atoms with E-state index in [9.17, 15) is 18.7 Å². The van der Waals surface area contributed by atoms with Crippen molar-refractivity contribution in [1.82, 2.24) is 10.2 Å². The van der Waals surface area contributed by atoms with Crippen molar-refractivity contribution in [3.05, 3.63) is 59.7 Å². The van der Waals surface area contributed by atoms with Gasteiger partial charge in [-0.2, -0.15) is 0 Å². The van der Waals surface area contributed by atoms with E-state index >= 15 is 0 Å². The van der Waals surface area contributed by atoms with Crippen LogP contribution in [0.1, 0.15) is 31.7 Å². The Labute approximate surface area is 162 Å². The minimum Gasteiger partial charge on any atom is -0.451 e. The summed E-state index contributed by atoms with van der Waals surface area (Å²) in [6.45, 7) is 2.60. The number of rotatable bonds is 6. The zero-order chi connectivity index (χ0) is 20.1. The molecule has 3 rings (SSSR count). The molecule has 0 radical (unpaired) electrons. The van der Waals surface area contributed by atoms with Crippen LogP contribution in [0.3, 0.4) is 0 Å². The minimum absolute atomic E-state index is 0.0589. The predicted molar refractivity (Wildman–Crippen MR) is 101 cm³/mol. The number of halogens is 2. The highest BCUT2D eigenvalue weighted by molar-refractivity contribution is 5.75. The molecule has 2 aromatic carbocycles. The molecule has 1 aliphatic rings. The first-order valence-electron chi connectivity index (χ1n) is 9.36. The van der Waals surface area contributed by atoms with Gasteiger partial charge in [-0.1, -0.05) is 25.1 Å². The molecule has 150 valence electrons. The van der Waals surface area contributed by atoms with Gasteiger partial charge < -0.3 is 20.1 Å². The fourth-order valence-corrected chi connectivity index (χ4v) is 3.56. The fourth-order valence-electron chi connectivity index (χ4n) is 3.56. The average molecular weight is 390 g/mol. The molecule has 0 spiro atoms. The third-order valence-corrected chi connectivity index (χ3v) is 5.29. The molecule has 5 nitrogen and oxygen atoms in total. The molecule has 1 fully saturated rings. The standard InChI is InChI=1S/C21H24F2N2O3/c1-2-21(14-26)10-5-11-25(21)20(27)24-13-15-8-9-19(17(23)12-15)28-18-7-4-3-6-16(18)22/h3-4,6-9,12,26H,2,5,10-11,13-14H2,1H3,(H,24,27). The number of likely N-dealkylation sites (tertiary alicyclic amines) is 1. The quantitative estimate of drug-likeness (QED) is 0.777. The highest BCUT2D eigenvalue weighted by Crippen LogP contribution is 2.32. The van der Waals surface area contributed by atoms with Crippen LogP contribution in [-0.4, -0.2) is 34.7 Å². The number of ether oxygens (including phenoxy) is 1. The Kier molecular flexibility index (Phi) is 6.14. The highest BCUT2D eigenvalue weighted by Gasteiger charge is 2.41. The van der Waals surface area contributed by atoms with Crippen LogP contribution < -0.4 is 10.1 Å². The number of para-hydroxylation sites is 1. The minimum atomic E-state index is -0.644. The number of carbonyl (C=O) groups excluding carboxylic acids is 1. The number of benzene rings is 2. The molecule has 0 aliphatic carbocycles. The maximum absolute atomic E-state index is 14.3. The molecule has 0 aromatic heterocycles. The smallest absolute Gasteiger partial charge is 0.318 e. The van der Waals surface area contributed by atoms with Crippen molar-refractivity contribution in [3.63, 3.8) is 0 Å². The molecule has 1 aliphatic heterocycles. The van der Waals surface area contributed by atoms with E-state index in [1.54, 1.807) is 17.0 Å². The van der Waals surface area contributed by atoms with Gasteiger partial charge in [0, 0.05) is 13.1 Å². The Balaban J connectivity index is 1.63. The number of amides is 2. The van der Waals surface area contributed by atoms with Gasteiger partial charge in [-0.15, -0.1) is 0 Å². The lowest BCUT2D eigenvalue weighted by Crippen LogP contribution is -2.53. The van der Waals surface area contributed by atoms with Crippen LogP contribution in [0.15, 0.2) is 42.5 Å². The van der Waals surface area contributed by atoms with E-state index in [0.717, 1.165) is 12.8 Å². The van der Waals surface area contributed by atoms with Crippen molar-refractivity contribution in [3.8, 4) is 11.5 Å². The number of urea groups is 1. The van der Waals surface area contributed by atoms with Crippen molar-refractivity contribution in [2.24, 2.45) is 0 Å². The summed E-state index contributed by atoms with van der Waals surface area (Å²) in [7, 11) is 0. The molecule has 1 heterocycles. The first-order valence-corrected chi connectivity index (χ1v) is 9.36. The highest BCUT2D eigenvalue weighted by atomic mass is 19.1.